The molecule has 2 aromatic heterocycles. The van der Waals surface area contributed by atoms with Gasteiger partial charge in [0.05, 0.1) is 23.4 Å². The van der Waals surface area contributed by atoms with Gasteiger partial charge in [0.25, 0.3) is 5.91 Å². The molecule has 0 bridgehead atoms. The van der Waals surface area contributed by atoms with Crippen LogP contribution in [0.5, 0.6) is 0 Å². The van der Waals surface area contributed by atoms with Gasteiger partial charge in [0.15, 0.2) is 5.17 Å². The van der Waals surface area contributed by atoms with Gasteiger partial charge in [-0.25, -0.2) is 4.99 Å². The molecule has 0 unspecified atom stereocenters. The van der Waals surface area contributed by atoms with E-state index in [1.54, 1.807) is 11.2 Å². The summed E-state index contributed by atoms with van der Waals surface area (Å²) in [5.41, 5.74) is 6.56. The Kier molecular flexibility index (Phi) is 6.69. The number of rotatable bonds is 5. The molecule has 1 amide bonds. The average molecular weight is 510 g/mol. The third-order valence-corrected chi connectivity index (χ3v) is 7.52. The van der Waals surface area contributed by atoms with E-state index in [-0.39, 0.29) is 11.3 Å². The lowest BCUT2D eigenvalue weighted by molar-refractivity contribution is -0.122. The van der Waals surface area contributed by atoms with Crippen molar-refractivity contribution in [3.8, 4) is 5.69 Å². The fourth-order valence-corrected chi connectivity index (χ4v) is 5.47. The Morgan fingerprint density at radius 3 is 2.35 bits per heavy atom. The van der Waals surface area contributed by atoms with E-state index in [9.17, 15) is 4.79 Å². The summed E-state index contributed by atoms with van der Waals surface area (Å²) in [6, 6.07) is 24.3. The van der Waals surface area contributed by atoms with Gasteiger partial charge in [-0.3, -0.25) is 9.69 Å². The number of furan rings is 1. The molecule has 2 aromatic carbocycles. The van der Waals surface area contributed by atoms with Crippen LogP contribution in [0.2, 0.25) is 0 Å². The summed E-state index contributed by atoms with van der Waals surface area (Å²) in [7, 11) is 0. The van der Waals surface area contributed by atoms with E-state index in [1.807, 2.05) is 48.5 Å². The molecule has 3 heterocycles. The summed E-state index contributed by atoms with van der Waals surface area (Å²) in [4.78, 5) is 20.7. The van der Waals surface area contributed by atoms with Crippen molar-refractivity contribution in [3.63, 3.8) is 0 Å². The molecule has 0 N–H and O–H groups in total. The Bertz CT molecular complexity index is 1470. The summed E-state index contributed by atoms with van der Waals surface area (Å²) < 4.78 is 7.77. The number of benzene rings is 2. The molecular formula is C31H31N3O2S. The number of amidine groups is 1. The zero-order valence-corrected chi connectivity index (χ0v) is 22.7. The molecule has 0 saturated carbocycles. The minimum Gasteiger partial charge on any atom is -0.467 e. The molecule has 4 aromatic rings. The minimum atomic E-state index is -0.0737. The largest absolute Gasteiger partial charge is 0.467 e. The van der Waals surface area contributed by atoms with Gasteiger partial charge >= 0.3 is 0 Å². The van der Waals surface area contributed by atoms with E-state index < -0.39 is 0 Å². The fraction of sp³-hybridized carbons (Fsp3) is 0.226. The number of carbonyl (C=O) groups is 1. The molecule has 0 aliphatic carbocycles. The van der Waals surface area contributed by atoms with Gasteiger partial charge in [-0.15, -0.1) is 0 Å². The molecule has 1 aliphatic rings. The standard InChI is InChI=1S/C31H31N3O2S/c1-21-18-23(22(2)34(21)26-15-13-24(14-16-26)31(3,4)5)19-28-29(35)33(20-27-12-9-17-36-27)30(37-28)32-25-10-7-6-8-11-25/h6-19H,20H2,1-5H3/b28-19-,32-30?. The number of aryl methyl sites for hydroxylation is 1. The summed E-state index contributed by atoms with van der Waals surface area (Å²) >= 11 is 1.40. The van der Waals surface area contributed by atoms with Crippen LogP contribution in [0.15, 0.2) is 93.4 Å². The van der Waals surface area contributed by atoms with E-state index in [2.05, 4.69) is 69.5 Å². The lowest BCUT2D eigenvalue weighted by atomic mass is 9.87. The number of para-hydroxylation sites is 1. The van der Waals surface area contributed by atoms with E-state index in [1.165, 1.54) is 17.3 Å². The van der Waals surface area contributed by atoms with Crippen molar-refractivity contribution in [2.24, 2.45) is 4.99 Å². The van der Waals surface area contributed by atoms with Crippen molar-refractivity contribution in [1.82, 2.24) is 9.47 Å². The Morgan fingerprint density at radius 1 is 0.973 bits per heavy atom. The monoisotopic (exact) mass is 509 g/mol. The maximum absolute atomic E-state index is 13.5. The Morgan fingerprint density at radius 2 is 1.70 bits per heavy atom. The van der Waals surface area contributed by atoms with Gasteiger partial charge < -0.3 is 8.98 Å². The number of nitrogens with zero attached hydrogens (tertiary/aromatic N) is 3. The molecule has 0 atom stereocenters. The number of aromatic nitrogens is 1. The Hall–Kier alpha value is -3.77. The second-order valence-corrected chi connectivity index (χ2v) is 11.3. The molecule has 1 saturated heterocycles. The van der Waals surface area contributed by atoms with Crippen molar-refractivity contribution in [2.45, 2.75) is 46.6 Å². The highest BCUT2D eigenvalue weighted by molar-refractivity contribution is 8.18. The van der Waals surface area contributed by atoms with Crippen LogP contribution in [0.25, 0.3) is 11.8 Å². The quantitative estimate of drug-likeness (QED) is 0.258. The highest BCUT2D eigenvalue weighted by atomic mass is 32.2. The van der Waals surface area contributed by atoms with E-state index >= 15 is 0 Å². The zero-order chi connectivity index (χ0) is 26.2. The van der Waals surface area contributed by atoms with Crippen molar-refractivity contribution in [1.29, 1.82) is 0 Å². The van der Waals surface area contributed by atoms with Crippen LogP contribution in [0.3, 0.4) is 0 Å². The number of hydrogen-bond acceptors (Lipinski definition) is 4. The molecule has 6 heteroatoms. The lowest BCUT2D eigenvalue weighted by Gasteiger charge is -2.20. The predicted molar refractivity (Wildman–Crippen MR) is 152 cm³/mol. The molecule has 5 rings (SSSR count). The van der Waals surface area contributed by atoms with Gasteiger partial charge in [0.1, 0.15) is 5.76 Å². The highest BCUT2D eigenvalue weighted by Gasteiger charge is 2.34. The summed E-state index contributed by atoms with van der Waals surface area (Å²) in [5.74, 6) is 0.642. The van der Waals surface area contributed by atoms with Gasteiger partial charge in [-0.1, -0.05) is 51.1 Å². The van der Waals surface area contributed by atoms with Crippen LogP contribution in [-0.2, 0) is 16.8 Å². The predicted octanol–water partition coefficient (Wildman–Crippen LogP) is 7.79. The van der Waals surface area contributed by atoms with Crippen molar-refractivity contribution < 1.29 is 9.21 Å². The van der Waals surface area contributed by atoms with Crippen LogP contribution >= 0.6 is 11.8 Å². The normalized spacial score (nSPS) is 16.4. The van der Waals surface area contributed by atoms with E-state index in [4.69, 9.17) is 9.41 Å². The maximum atomic E-state index is 13.5. The second kappa shape index (κ2) is 9.94. The average Bonchev–Trinajstić information content (AvgIpc) is 3.55. The molecule has 1 fully saturated rings. The zero-order valence-electron chi connectivity index (χ0n) is 21.9. The molecule has 37 heavy (non-hydrogen) atoms. The first kappa shape index (κ1) is 24.9. The first-order valence-electron chi connectivity index (χ1n) is 12.4. The van der Waals surface area contributed by atoms with Gasteiger partial charge in [0.2, 0.25) is 0 Å². The first-order valence-corrected chi connectivity index (χ1v) is 13.2. The van der Waals surface area contributed by atoms with Crippen LogP contribution in [0, 0.1) is 13.8 Å². The Balaban J connectivity index is 1.49. The van der Waals surface area contributed by atoms with Gasteiger partial charge in [0, 0.05) is 17.1 Å². The molecule has 1 aliphatic heterocycles. The van der Waals surface area contributed by atoms with Crippen LogP contribution in [0.4, 0.5) is 5.69 Å². The fourth-order valence-electron chi connectivity index (χ4n) is 4.48. The number of thioether (sulfide) groups is 1. The van der Waals surface area contributed by atoms with Crippen molar-refractivity contribution >= 4 is 34.6 Å². The lowest BCUT2D eigenvalue weighted by Crippen LogP contribution is -2.28. The minimum absolute atomic E-state index is 0.0737. The van der Waals surface area contributed by atoms with Crippen LogP contribution in [0.1, 0.15) is 49.0 Å². The summed E-state index contributed by atoms with van der Waals surface area (Å²) in [6.07, 6.45) is 3.61. The molecule has 0 radical (unpaired) electrons. The summed E-state index contributed by atoms with van der Waals surface area (Å²) in [6.45, 7) is 11.2. The highest BCUT2D eigenvalue weighted by Crippen LogP contribution is 2.36. The molecule has 0 spiro atoms. The molecule has 188 valence electrons. The smallest absolute Gasteiger partial charge is 0.267 e. The SMILES string of the molecule is Cc1cc(/C=C2\SC(=Nc3ccccc3)N(Cc3ccco3)C2=O)c(C)n1-c1ccc(C(C)(C)C)cc1. The topological polar surface area (TPSA) is 50.7 Å². The molecular weight excluding hydrogens is 478 g/mol. The second-order valence-electron chi connectivity index (χ2n) is 10.3. The number of aliphatic imine (C=N–C) groups is 1. The van der Waals surface area contributed by atoms with E-state index in [0.29, 0.717) is 22.4 Å². The summed E-state index contributed by atoms with van der Waals surface area (Å²) in [5, 5.41) is 0.644. The van der Waals surface area contributed by atoms with Crippen molar-refractivity contribution in [2.75, 3.05) is 0 Å². The number of amides is 1. The van der Waals surface area contributed by atoms with Crippen LogP contribution < -0.4 is 0 Å². The van der Waals surface area contributed by atoms with Gasteiger partial charge in [-0.2, -0.15) is 0 Å². The third-order valence-electron chi connectivity index (χ3n) is 6.51. The molecule has 5 nitrogen and oxygen atoms in total. The third kappa shape index (κ3) is 5.20. The number of carbonyl (C=O) groups excluding carboxylic acids is 1. The van der Waals surface area contributed by atoms with E-state index in [0.717, 1.165) is 28.3 Å². The Labute approximate surface area is 222 Å². The van der Waals surface area contributed by atoms with Crippen LogP contribution in [-0.4, -0.2) is 20.5 Å². The van der Waals surface area contributed by atoms with Gasteiger partial charge in [-0.05, 0) is 90.7 Å². The number of hydrogen-bond donors (Lipinski definition) is 0. The van der Waals surface area contributed by atoms with Crippen molar-refractivity contribution in [3.05, 3.63) is 112 Å². The maximum Gasteiger partial charge on any atom is 0.267 e. The first-order chi connectivity index (χ1) is 17.7.